The Bertz CT molecular complexity index is 971. The molecule has 0 radical (unpaired) electrons. The normalized spacial score (nSPS) is 15.0. The number of hydrogen-bond donors (Lipinski definition) is 0. The lowest BCUT2D eigenvalue weighted by atomic mass is 10.1. The van der Waals surface area contributed by atoms with E-state index in [4.69, 9.17) is 21.1 Å². The molecular weight excluding hydrogens is 392 g/mol. The van der Waals surface area contributed by atoms with Gasteiger partial charge in [-0.05, 0) is 57.7 Å². The van der Waals surface area contributed by atoms with Crippen molar-refractivity contribution >= 4 is 28.5 Å². The lowest BCUT2D eigenvalue weighted by molar-refractivity contribution is 0.119. The number of rotatable bonds is 4. The number of fused-ring (bicyclic) bond motifs is 1. The Balaban J connectivity index is 2.08. The number of carbonyl (C=O) groups is 1. The van der Waals surface area contributed by atoms with Gasteiger partial charge in [0, 0.05) is 30.0 Å². The summed E-state index contributed by atoms with van der Waals surface area (Å²) >= 11 is 6.20. The first-order valence-corrected chi connectivity index (χ1v) is 10.4. The summed E-state index contributed by atoms with van der Waals surface area (Å²) in [7, 11) is 3.25. The predicted octanol–water partition coefficient (Wildman–Crippen LogP) is 4.99. The zero-order valence-corrected chi connectivity index (χ0v) is 18.5. The topological polar surface area (TPSA) is 60.8 Å². The second kappa shape index (κ2) is 8.27. The number of amides is 1. The van der Waals surface area contributed by atoms with Crippen LogP contribution >= 0.6 is 11.6 Å². The lowest BCUT2D eigenvalue weighted by Gasteiger charge is -2.31. The third-order valence-electron chi connectivity index (χ3n) is 5.66. The second-order valence-corrected chi connectivity index (χ2v) is 9.18. The summed E-state index contributed by atoms with van der Waals surface area (Å²) in [4.78, 5) is 27.1. The molecule has 0 aliphatic heterocycles. The van der Waals surface area contributed by atoms with Crippen LogP contribution in [-0.2, 0) is 7.05 Å². The molecule has 29 heavy (non-hydrogen) atoms. The Morgan fingerprint density at radius 3 is 2.52 bits per heavy atom. The van der Waals surface area contributed by atoms with Gasteiger partial charge in [-0.3, -0.25) is 9.36 Å². The van der Waals surface area contributed by atoms with Crippen molar-refractivity contribution in [3.8, 4) is 11.6 Å². The van der Waals surface area contributed by atoms with Crippen LogP contribution in [0.2, 0.25) is 5.02 Å². The number of pyridine rings is 1. The monoisotopic (exact) mass is 420 g/mol. The predicted molar refractivity (Wildman–Crippen MR) is 115 cm³/mol. The molecule has 1 aromatic carbocycles. The standard InChI is InChI=1S/C22H29ClN2O4/c1-22(2,3)25(5)21(27)29-20-18(28-13-14-8-6-7-9-14)17-12-15(23)10-11-16(17)19(26)24(20)4/h10-12,14H,6-9,13H2,1-5H3. The summed E-state index contributed by atoms with van der Waals surface area (Å²) in [6.07, 6.45) is 4.08. The molecule has 1 aromatic heterocycles. The van der Waals surface area contributed by atoms with Crippen LogP contribution in [0.15, 0.2) is 23.0 Å². The average Bonchev–Trinajstić information content (AvgIpc) is 3.17. The van der Waals surface area contributed by atoms with Crippen molar-refractivity contribution in [2.75, 3.05) is 13.7 Å². The second-order valence-electron chi connectivity index (χ2n) is 8.75. The van der Waals surface area contributed by atoms with Gasteiger partial charge >= 0.3 is 6.09 Å². The number of hydrogen-bond acceptors (Lipinski definition) is 4. The minimum Gasteiger partial charge on any atom is -0.487 e. The number of nitrogens with zero attached hydrogens (tertiary/aromatic N) is 2. The van der Waals surface area contributed by atoms with Gasteiger partial charge in [-0.2, -0.15) is 0 Å². The molecule has 7 heteroatoms. The first-order chi connectivity index (χ1) is 13.6. The molecule has 1 heterocycles. The number of aromatic nitrogens is 1. The first-order valence-electron chi connectivity index (χ1n) is 10.00. The molecule has 1 aliphatic carbocycles. The minimum absolute atomic E-state index is 0.101. The van der Waals surface area contributed by atoms with E-state index in [0.717, 1.165) is 12.8 Å². The maximum Gasteiger partial charge on any atom is 0.416 e. The van der Waals surface area contributed by atoms with Crippen LogP contribution in [0.5, 0.6) is 11.6 Å². The molecule has 1 fully saturated rings. The molecule has 3 rings (SSSR count). The molecule has 1 amide bonds. The maximum atomic E-state index is 12.9. The zero-order valence-electron chi connectivity index (χ0n) is 17.8. The van der Waals surface area contributed by atoms with E-state index in [9.17, 15) is 9.59 Å². The Labute approximate surface area is 176 Å². The fraction of sp³-hybridized carbons (Fsp3) is 0.545. The Kier molecular flexibility index (Phi) is 6.13. The minimum atomic E-state index is -0.556. The lowest BCUT2D eigenvalue weighted by Crippen LogP contribution is -2.44. The molecule has 158 valence electrons. The van der Waals surface area contributed by atoms with E-state index >= 15 is 0 Å². The number of ether oxygens (including phenoxy) is 2. The van der Waals surface area contributed by atoms with Crippen molar-refractivity contribution < 1.29 is 14.3 Å². The van der Waals surface area contributed by atoms with E-state index in [1.54, 1.807) is 32.3 Å². The highest BCUT2D eigenvalue weighted by Gasteiger charge is 2.28. The van der Waals surface area contributed by atoms with Crippen molar-refractivity contribution in [1.29, 1.82) is 0 Å². The molecule has 6 nitrogen and oxygen atoms in total. The van der Waals surface area contributed by atoms with Crippen molar-refractivity contribution in [1.82, 2.24) is 9.47 Å². The molecule has 0 saturated heterocycles. The maximum absolute atomic E-state index is 12.9. The molecule has 0 unspecified atom stereocenters. The molecule has 0 N–H and O–H groups in total. The largest absolute Gasteiger partial charge is 0.487 e. The third kappa shape index (κ3) is 4.53. The van der Waals surface area contributed by atoms with E-state index in [1.165, 1.54) is 22.3 Å². The van der Waals surface area contributed by atoms with E-state index in [2.05, 4.69) is 0 Å². The molecule has 1 aliphatic rings. The van der Waals surface area contributed by atoms with Gasteiger partial charge in [-0.25, -0.2) is 4.79 Å². The van der Waals surface area contributed by atoms with Gasteiger partial charge in [0.1, 0.15) is 0 Å². The van der Waals surface area contributed by atoms with Crippen LogP contribution in [0.4, 0.5) is 4.79 Å². The van der Waals surface area contributed by atoms with Crippen molar-refractivity contribution in [3.63, 3.8) is 0 Å². The van der Waals surface area contributed by atoms with Crippen LogP contribution in [0.1, 0.15) is 46.5 Å². The molecule has 0 spiro atoms. The van der Waals surface area contributed by atoms with Crippen LogP contribution in [0.25, 0.3) is 10.8 Å². The van der Waals surface area contributed by atoms with Gasteiger partial charge < -0.3 is 14.4 Å². The fourth-order valence-corrected chi connectivity index (χ4v) is 3.66. The van der Waals surface area contributed by atoms with Crippen LogP contribution in [0, 0.1) is 5.92 Å². The third-order valence-corrected chi connectivity index (χ3v) is 5.90. The summed E-state index contributed by atoms with van der Waals surface area (Å²) in [6, 6.07) is 5.04. The van der Waals surface area contributed by atoms with E-state index in [-0.39, 0.29) is 11.4 Å². The highest BCUT2D eigenvalue weighted by molar-refractivity contribution is 6.31. The summed E-state index contributed by atoms with van der Waals surface area (Å²) in [5.74, 6) is 0.943. The average molecular weight is 421 g/mol. The van der Waals surface area contributed by atoms with Crippen molar-refractivity contribution in [2.45, 2.75) is 52.0 Å². The molecule has 0 atom stereocenters. The van der Waals surface area contributed by atoms with Crippen LogP contribution < -0.4 is 15.0 Å². The van der Waals surface area contributed by atoms with E-state index < -0.39 is 11.6 Å². The van der Waals surface area contributed by atoms with E-state index in [0.29, 0.717) is 34.1 Å². The summed E-state index contributed by atoms with van der Waals surface area (Å²) in [6.45, 7) is 6.24. The summed E-state index contributed by atoms with van der Waals surface area (Å²) in [5, 5.41) is 1.52. The van der Waals surface area contributed by atoms with E-state index in [1.807, 2.05) is 20.8 Å². The summed E-state index contributed by atoms with van der Waals surface area (Å²) in [5.41, 5.74) is -0.702. The van der Waals surface area contributed by atoms with Gasteiger partial charge in [0.2, 0.25) is 0 Å². The molecule has 2 aromatic rings. The fourth-order valence-electron chi connectivity index (χ4n) is 3.49. The molecule has 0 bridgehead atoms. The van der Waals surface area contributed by atoms with Crippen LogP contribution in [0.3, 0.4) is 0 Å². The van der Waals surface area contributed by atoms with Crippen molar-refractivity contribution in [3.05, 3.63) is 33.6 Å². The van der Waals surface area contributed by atoms with Crippen LogP contribution in [-0.4, -0.2) is 34.8 Å². The molecular formula is C22H29ClN2O4. The van der Waals surface area contributed by atoms with Gasteiger partial charge in [-0.15, -0.1) is 0 Å². The number of benzene rings is 1. The van der Waals surface area contributed by atoms with Gasteiger partial charge in [0.15, 0.2) is 5.75 Å². The SMILES string of the molecule is CN(C(=O)Oc1c(OCC2CCCC2)c2cc(Cl)ccc2c(=O)n1C)C(C)(C)C. The quantitative estimate of drug-likeness (QED) is 0.699. The highest BCUT2D eigenvalue weighted by atomic mass is 35.5. The number of carbonyl (C=O) groups excluding carboxylic acids is 1. The zero-order chi connectivity index (χ0) is 21.3. The Morgan fingerprint density at radius 1 is 1.24 bits per heavy atom. The Hall–Kier alpha value is -2.21. The highest BCUT2D eigenvalue weighted by Crippen LogP contribution is 2.37. The van der Waals surface area contributed by atoms with Gasteiger partial charge in [0.05, 0.1) is 12.0 Å². The summed E-state index contributed by atoms with van der Waals surface area (Å²) < 4.78 is 13.2. The molecule has 1 saturated carbocycles. The van der Waals surface area contributed by atoms with Crippen molar-refractivity contribution in [2.24, 2.45) is 13.0 Å². The number of halogens is 1. The smallest absolute Gasteiger partial charge is 0.416 e. The first kappa shape index (κ1) is 21.5. The van der Waals surface area contributed by atoms with Gasteiger partial charge in [-0.1, -0.05) is 24.4 Å². The van der Waals surface area contributed by atoms with Gasteiger partial charge in [0.25, 0.3) is 11.4 Å². The Morgan fingerprint density at radius 2 is 1.90 bits per heavy atom.